The normalized spacial score (nSPS) is 13.5. The number of unbranched alkanes of at least 4 members (excludes halogenated alkanes) is 1. The Kier molecular flexibility index (Phi) is 44.9. The fraction of sp³-hybridized carbons (Fsp3) is 0.818. The number of hydrogen-bond donors (Lipinski definition) is 6. The van der Waals surface area contributed by atoms with Gasteiger partial charge in [-0.25, -0.2) is 28.4 Å². The van der Waals surface area contributed by atoms with E-state index in [1.54, 1.807) is 0 Å². The molecular formula is C22H46O12Rf2-4. The molecule has 0 aliphatic rings. The molecule has 0 aromatic carbocycles. The number of hydrogen-bond acceptors (Lipinski definition) is 12. The maximum Gasteiger partial charge on any atom is 0.0973 e. The molecular weight excluding hydrogens is 990 g/mol. The van der Waals surface area contributed by atoms with Crippen molar-refractivity contribution in [3.8, 4) is 0 Å². The summed E-state index contributed by atoms with van der Waals surface area (Å²) >= 11 is 0. The van der Waals surface area contributed by atoms with Crippen LogP contribution in [-0.2, 0) is 28.4 Å². The van der Waals surface area contributed by atoms with Gasteiger partial charge in [-0.3, -0.25) is 0 Å². The first-order chi connectivity index (χ1) is 16.3. The van der Waals surface area contributed by atoms with Crippen LogP contribution in [0, 0.1) is 28.4 Å². The molecule has 0 aliphatic heterocycles. The minimum Gasteiger partial charge on any atom is -0.553 e. The molecule has 6 N–H and O–H groups in total. The maximum absolute atomic E-state index is 9.33. The van der Waals surface area contributed by atoms with Crippen LogP contribution in [0.15, 0.2) is 0 Å². The fourth-order valence-electron chi connectivity index (χ4n) is 1.87. The van der Waals surface area contributed by atoms with Gasteiger partial charge in [0.1, 0.15) is 0 Å². The average molecular weight is 1040 g/mol. The van der Waals surface area contributed by atoms with Gasteiger partial charge in [-0.2, -0.15) is 0 Å². The Labute approximate surface area is 204 Å². The Morgan fingerprint density at radius 1 is 0.472 bits per heavy atom. The van der Waals surface area contributed by atoms with Crippen molar-refractivity contribution in [2.45, 2.75) is 50.1 Å². The second kappa shape index (κ2) is 37.1. The molecule has 0 spiro atoms. The van der Waals surface area contributed by atoms with Crippen molar-refractivity contribution in [3.05, 3.63) is 28.4 Å². The molecule has 4 atom stereocenters. The van der Waals surface area contributed by atoms with Crippen LogP contribution in [-0.4, -0.2) is 121 Å². The Bertz CT molecular complexity index is 331. The molecule has 0 aliphatic carbocycles. The van der Waals surface area contributed by atoms with Crippen LogP contribution in [0.25, 0.3) is 0 Å². The number of aliphatic hydroxyl groups is 6. The van der Waals surface area contributed by atoms with E-state index in [9.17, 15) is 10.2 Å². The first-order valence-electron chi connectivity index (χ1n) is 10.9. The Morgan fingerprint density at radius 3 is 0.972 bits per heavy atom. The van der Waals surface area contributed by atoms with E-state index in [2.05, 4.69) is 47.4 Å². The van der Waals surface area contributed by atoms with Crippen molar-refractivity contribution in [2.24, 2.45) is 0 Å². The molecule has 0 rings (SSSR count). The molecule has 0 aromatic rings. The largest absolute Gasteiger partial charge is 0.553 e. The van der Waals surface area contributed by atoms with Gasteiger partial charge in [0, 0.05) is 52.9 Å². The zero-order valence-corrected chi connectivity index (χ0v) is 34.4. The van der Waals surface area contributed by atoms with Crippen LogP contribution < -0.4 is 0 Å². The van der Waals surface area contributed by atoms with E-state index >= 15 is 0 Å². The summed E-state index contributed by atoms with van der Waals surface area (Å²) in [5, 5.41) is 51.8. The third-order valence-corrected chi connectivity index (χ3v) is 3.68. The van der Waals surface area contributed by atoms with Gasteiger partial charge in [0.2, 0.25) is 0 Å². The summed E-state index contributed by atoms with van der Waals surface area (Å²) in [5.74, 6) is 0. The van der Waals surface area contributed by atoms with E-state index in [4.69, 9.17) is 29.9 Å². The molecule has 0 bridgehead atoms. The standard InChI is InChI=1S/C14H28O6.2C4H9O3.2Rf/c1-17-11-13(15)5-9-19-7-3-4-8-20-10-6-14(16)12-18-2;2*1-7-3-4(6)2-5;;/h13-16H,1-12H2;2*4-6H,1-3H2;;/q-2;2*-1;;. The fourth-order valence-corrected chi connectivity index (χ4v) is 1.87. The molecule has 0 amide bonds. The van der Waals surface area contributed by atoms with Gasteiger partial charge in [0.15, 0.2) is 0 Å². The molecule has 0 saturated heterocycles. The minimum absolute atomic E-state index is 0. The zero-order valence-electron chi connectivity index (χ0n) is 21.6. The van der Waals surface area contributed by atoms with E-state index in [-0.39, 0.29) is 39.6 Å². The van der Waals surface area contributed by atoms with Crippen molar-refractivity contribution in [1.82, 2.24) is 0 Å². The van der Waals surface area contributed by atoms with E-state index < -0.39 is 24.4 Å². The molecule has 4 unspecified atom stereocenters. The second-order valence-corrected chi connectivity index (χ2v) is 6.97. The zero-order chi connectivity index (χ0) is 26.5. The SMILES string of the molecule is [CH2-]OCC(O)CCOCCCCOCCC(O)CO[CH2-].[CH2-]OCC(O)CO.[CH2-]OCC(O)CO.[Rf].[Rf]. The maximum atomic E-state index is 9.33. The smallest absolute Gasteiger partial charge is 0.0973 e. The van der Waals surface area contributed by atoms with Gasteiger partial charge in [-0.1, -0.05) is 0 Å². The van der Waals surface area contributed by atoms with Gasteiger partial charge < -0.3 is 59.1 Å². The van der Waals surface area contributed by atoms with E-state index in [1.165, 1.54) is 0 Å². The van der Waals surface area contributed by atoms with E-state index in [0.29, 0.717) is 39.3 Å². The molecule has 0 fully saturated rings. The summed E-state index contributed by atoms with van der Waals surface area (Å²) in [6, 6.07) is 0. The molecule has 0 heterocycles. The van der Waals surface area contributed by atoms with Gasteiger partial charge in [-0.05, 0) is 25.7 Å². The molecule has 0 saturated carbocycles. The van der Waals surface area contributed by atoms with Crippen LogP contribution >= 0.6 is 0 Å². The van der Waals surface area contributed by atoms with Crippen molar-refractivity contribution in [1.29, 1.82) is 0 Å². The summed E-state index contributed by atoms with van der Waals surface area (Å²) in [6.45, 7) is 2.46. The Morgan fingerprint density at radius 2 is 0.750 bits per heavy atom. The minimum atomic E-state index is -0.780. The van der Waals surface area contributed by atoms with E-state index in [0.717, 1.165) is 12.8 Å². The van der Waals surface area contributed by atoms with Gasteiger partial charge in [-0.15, -0.1) is 0 Å². The molecule has 0 aromatic heterocycles. The van der Waals surface area contributed by atoms with Crippen molar-refractivity contribution < 1.29 is 59.1 Å². The predicted molar refractivity (Wildman–Crippen MR) is 124 cm³/mol. The second-order valence-electron chi connectivity index (χ2n) is 6.97. The molecule has 36 heavy (non-hydrogen) atoms. The summed E-state index contributed by atoms with van der Waals surface area (Å²) in [7, 11) is 12.4. The van der Waals surface area contributed by atoms with Crippen LogP contribution in [0.3, 0.4) is 0 Å². The van der Waals surface area contributed by atoms with Crippen LogP contribution in [0.5, 0.6) is 0 Å². The summed E-state index contributed by atoms with van der Waals surface area (Å²) in [4.78, 5) is 0. The summed E-state index contributed by atoms with van der Waals surface area (Å²) in [6.07, 6.45) is 0.347. The van der Waals surface area contributed by atoms with Crippen molar-refractivity contribution >= 4 is 0 Å². The van der Waals surface area contributed by atoms with Gasteiger partial charge >= 0.3 is 0 Å². The molecule has 14 heteroatoms. The third kappa shape index (κ3) is 41.7. The molecule has 12 nitrogen and oxygen atoms in total. The summed E-state index contributed by atoms with van der Waals surface area (Å²) in [5.41, 5.74) is 0. The quantitative estimate of drug-likeness (QED) is 0.0626. The van der Waals surface area contributed by atoms with Crippen LogP contribution in [0.1, 0.15) is 25.7 Å². The van der Waals surface area contributed by atoms with Gasteiger partial charge in [0.05, 0.1) is 37.6 Å². The van der Waals surface area contributed by atoms with Crippen molar-refractivity contribution in [3.63, 3.8) is 0 Å². The Balaban J connectivity index is -0.000000165. The average Bonchev–Trinajstić information content (AvgIpc) is 2.81. The van der Waals surface area contributed by atoms with Crippen LogP contribution in [0.4, 0.5) is 0 Å². The molecule has 0 radical (unpaired) electrons. The predicted octanol–water partition coefficient (Wildman–Crippen LogP) is -0.786. The Hall–Kier alpha value is -2.48. The number of ether oxygens (including phenoxy) is 6. The number of rotatable bonds is 21. The van der Waals surface area contributed by atoms with E-state index in [1.807, 2.05) is 0 Å². The monoisotopic (exact) mass is 1040 g/mol. The first-order valence-corrected chi connectivity index (χ1v) is 10.9. The van der Waals surface area contributed by atoms with Crippen molar-refractivity contribution in [2.75, 3.05) is 66.1 Å². The summed E-state index contributed by atoms with van der Waals surface area (Å²) < 4.78 is 28.3. The topological polar surface area (TPSA) is 177 Å². The molecule has 214 valence electrons. The van der Waals surface area contributed by atoms with Gasteiger partial charge in [0.25, 0.3) is 0 Å². The number of aliphatic hydroxyl groups excluding tert-OH is 6. The third-order valence-electron chi connectivity index (χ3n) is 3.68. The van der Waals surface area contributed by atoms with Crippen LogP contribution in [0.2, 0.25) is 0 Å². The first kappa shape index (κ1) is 43.6.